The lowest BCUT2D eigenvalue weighted by Gasteiger charge is -2.32. The molecule has 2 nitrogen and oxygen atoms in total. The van der Waals surface area contributed by atoms with Crippen LogP contribution in [0.3, 0.4) is 0 Å². The summed E-state index contributed by atoms with van der Waals surface area (Å²) in [6, 6.07) is 5.82. The molecular weight excluding hydrogens is 351 g/mol. The maximum Gasteiger partial charge on any atom is 0.260 e. The monoisotopic (exact) mass is 367 g/mol. The molecule has 0 N–H and O–H groups in total. The van der Waals surface area contributed by atoms with Gasteiger partial charge in [0.2, 0.25) is 0 Å². The van der Waals surface area contributed by atoms with Gasteiger partial charge in [-0.05, 0) is 53.3 Å². The molecule has 100 valence electrons. The van der Waals surface area contributed by atoms with Gasteiger partial charge in [0, 0.05) is 13.0 Å². The van der Waals surface area contributed by atoms with Crippen molar-refractivity contribution in [1.82, 2.24) is 4.90 Å². The standard InChI is InChI=1S/C13H16F2INO/c1-18-12-4-3-10(7-11(12)16)8-17-6-2-5-13(14,15)9-17/h3-4,7H,2,5-6,8-9H2,1H3. The minimum atomic E-state index is -2.53. The van der Waals surface area contributed by atoms with E-state index in [9.17, 15) is 8.78 Å². The summed E-state index contributed by atoms with van der Waals surface area (Å²) in [4.78, 5) is 1.82. The highest BCUT2D eigenvalue weighted by molar-refractivity contribution is 14.1. The maximum absolute atomic E-state index is 13.3. The van der Waals surface area contributed by atoms with Crippen LogP contribution in [-0.2, 0) is 6.54 Å². The van der Waals surface area contributed by atoms with Crippen LogP contribution in [-0.4, -0.2) is 31.0 Å². The van der Waals surface area contributed by atoms with Crippen LogP contribution in [0, 0.1) is 3.57 Å². The molecule has 1 heterocycles. The zero-order valence-corrected chi connectivity index (χ0v) is 12.4. The topological polar surface area (TPSA) is 12.5 Å². The number of halogens is 3. The Bertz CT molecular complexity index is 425. The lowest BCUT2D eigenvalue weighted by atomic mass is 10.1. The van der Waals surface area contributed by atoms with E-state index in [1.54, 1.807) is 7.11 Å². The third-order valence-corrected chi connectivity index (χ3v) is 3.94. The fraction of sp³-hybridized carbons (Fsp3) is 0.538. The predicted octanol–water partition coefficient (Wildman–Crippen LogP) is 3.53. The molecule has 2 rings (SSSR count). The predicted molar refractivity (Wildman–Crippen MR) is 75.2 cm³/mol. The fourth-order valence-electron chi connectivity index (χ4n) is 2.25. The average Bonchev–Trinajstić information content (AvgIpc) is 2.28. The van der Waals surface area contributed by atoms with Gasteiger partial charge in [-0.3, -0.25) is 4.90 Å². The number of alkyl halides is 2. The summed E-state index contributed by atoms with van der Waals surface area (Å²) in [6.45, 7) is 1.20. The lowest BCUT2D eigenvalue weighted by Crippen LogP contribution is -2.42. The molecule has 0 aromatic heterocycles. The molecule has 0 spiro atoms. The Hall–Kier alpha value is -0.430. The number of rotatable bonds is 3. The summed E-state index contributed by atoms with van der Waals surface area (Å²) in [6.07, 6.45) is 0.587. The largest absolute Gasteiger partial charge is 0.496 e. The number of hydrogen-bond donors (Lipinski definition) is 0. The highest BCUT2D eigenvalue weighted by Crippen LogP contribution is 2.28. The lowest BCUT2D eigenvalue weighted by molar-refractivity contribution is -0.0661. The van der Waals surface area contributed by atoms with Crippen LogP contribution in [0.2, 0.25) is 0 Å². The van der Waals surface area contributed by atoms with Gasteiger partial charge in [-0.25, -0.2) is 8.78 Å². The molecule has 0 saturated carbocycles. The first-order valence-corrected chi connectivity index (χ1v) is 7.01. The normalized spacial score (nSPS) is 19.8. The number of piperidine rings is 1. The van der Waals surface area contributed by atoms with Crippen molar-refractivity contribution in [2.45, 2.75) is 25.3 Å². The molecule has 0 radical (unpaired) electrons. The molecule has 0 aliphatic carbocycles. The number of nitrogens with zero attached hydrogens (tertiary/aromatic N) is 1. The molecule has 0 atom stereocenters. The van der Waals surface area contributed by atoms with Gasteiger partial charge in [0.05, 0.1) is 17.2 Å². The minimum absolute atomic E-state index is 0.0175. The van der Waals surface area contributed by atoms with E-state index in [2.05, 4.69) is 22.6 Å². The van der Waals surface area contributed by atoms with Gasteiger partial charge >= 0.3 is 0 Å². The summed E-state index contributed by atoms with van der Waals surface area (Å²) >= 11 is 2.20. The summed E-state index contributed by atoms with van der Waals surface area (Å²) in [5, 5.41) is 0. The summed E-state index contributed by atoms with van der Waals surface area (Å²) in [5.74, 6) is -1.71. The van der Waals surface area contributed by atoms with Gasteiger partial charge in [-0.1, -0.05) is 6.07 Å². The summed E-state index contributed by atoms with van der Waals surface area (Å²) in [7, 11) is 1.63. The van der Waals surface area contributed by atoms with Crippen LogP contribution in [0.15, 0.2) is 18.2 Å². The van der Waals surface area contributed by atoms with E-state index in [1.807, 2.05) is 23.1 Å². The zero-order valence-electron chi connectivity index (χ0n) is 10.3. The molecule has 1 aliphatic heterocycles. The Morgan fingerprint density at radius 1 is 1.44 bits per heavy atom. The van der Waals surface area contributed by atoms with Crippen LogP contribution in [0.5, 0.6) is 5.75 Å². The van der Waals surface area contributed by atoms with E-state index < -0.39 is 5.92 Å². The van der Waals surface area contributed by atoms with Crippen molar-refractivity contribution in [2.75, 3.05) is 20.2 Å². The van der Waals surface area contributed by atoms with Crippen molar-refractivity contribution in [3.8, 4) is 5.75 Å². The first-order chi connectivity index (χ1) is 8.50. The molecule has 1 aromatic rings. The van der Waals surface area contributed by atoms with Crippen molar-refractivity contribution in [3.63, 3.8) is 0 Å². The second kappa shape index (κ2) is 5.69. The van der Waals surface area contributed by atoms with Crippen molar-refractivity contribution >= 4 is 22.6 Å². The van der Waals surface area contributed by atoms with Crippen LogP contribution in [0.4, 0.5) is 8.78 Å². The summed E-state index contributed by atoms with van der Waals surface area (Å²) < 4.78 is 32.8. The molecular formula is C13H16F2INO. The Kier molecular flexibility index (Phi) is 4.42. The first kappa shape index (κ1) is 14.0. The van der Waals surface area contributed by atoms with Crippen molar-refractivity contribution in [2.24, 2.45) is 0 Å². The maximum atomic E-state index is 13.3. The van der Waals surface area contributed by atoms with Crippen LogP contribution in [0.25, 0.3) is 0 Å². The summed E-state index contributed by atoms with van der Waals surface area (Å²) in [5.41, 5.74) is 1.05. The molecule has 0 unspecified atom stereocenters. The fourth-order valence-corrected chi connectivity index (χ4v) is 3.05. The van der Waals surface area contributed by atoms with Crippen LogP contribution in [0.1, 0.15) is 18.4 Å². The second-order valence-corrected chi connectivity index (χ2v) is 5.80. The van der Waals surface area contributed by atoms with Gasteiger partial charge < -0.3 is 4.74 Å². The molecule has 0 bridgehead atoms. The van der Waals surface area contributed by atoms with Crippen molar-refractivity contribution < 1.29 is 13.5 Å². The van der Waals surface area contributed by atoms with E-state index in [0.717, 1.165) is 21.4 Å². The van der Waals surface area contributed by atoms with E-state index in [0.29, 0.717) is 13.0 Å². The van der Waals surface area contributed by atoms with Crippen LogP contribution >= 0.6 is 22.6 Å². The molecule has 18 heavy (non-hydrogen) atoms. The highest BCUT2D eigenvalue weighted by Gasteiger charge is 2.34. The van der Waals surface area contributed by atoms with E-state index in [-0.39, 0.29) is 13.0 Å². The molecule has 1 aliphatic rings. The number of benzene rings is 1. The highest BCUT2D eigenvalue weighted by atomic mass is 127. The Balaban J connectivity index is 2.03. The van der Waals surface area contributed by atoms with Gasteiger partial charge in [0.25, 0.3) is 5.92 Å². The van der Waals surface area contributed by atoms with E-state index in [1.165, 1.54) is 0 Å². The number of ether oxygens (including phenoxy) is 1. The zero-order chi connectivity index (χ0) is 13.2. The van der Waals surface area contributed by atoms with Crippen molar-refractivity contribution in [1.29, 1.82) is 0 Å². The van der Waals surface area contributed by atoms with Gasteiger partial charge in [-0.2, -0.15) is 0 Å². The van der Waals surface area contributed by atoms with Gasteiger partial charge in [0.15, 0.2) is 0 Å². The second-order valence-electron chi connectivity index (χ2n) is 4.64. The third kappa shape index (κ3) is 3.54. The Morgan fingerprint density at radius 3 is 2.83 bits per heavy atom. The molecule has 1 aromatic carbocycles. The Labute approximate surface area is 119 Å². The number of methoxy groups -OCH3 is 1. The minimum Gasteiger partial charge on any atom is -0.496 e. The van der Waals surface area contributed by atoms with E-state index in [4.69, 9.17) is 4.74 Å². The number of hydrogen-bond acceptors (Lipinski definition) is 2. The number of likely N-dealkylation sites (tertiary alicyclic amines) is 1. The molecule has 1 saturated heterocycles. The third-order valence-electron chi connectivity index (χ3n) is 3.09. The van der Waals surface area contributed by atoms with Gasteiger partial charge in [0.1, 0.15) is 5.75 Å². The SMILES string of the molecule is COc1ccc(CN2CCCC(F)(F)C2)cc1I. The molecule has 1 fully saturated rings. The van der Waals surface area contributed by atoms with E-state index >= 15 is 0 Å². The first-order valence-electron chi connectivity index (χ1n) is 5.93. The quantitative estimate of drug-likeness (QED) is 0.758. The smallest absolute Gasteiger partial charge is 0.260 e. The van der Waals surface area contributed by atoms with Crippen molar-refractivity contribution in [3.05, 3.63) is 27.3 Å². The van der Waals surface area contributed by atoms with Crippen LogP contribution < -0.4 is 4.74 Å². The molecule has 0 amide bonds. The average molecular weight is 367 g/mol. The molecule has 5 heteroatoms. The van der Waals surface area contributed by atoms with Gasteiger partial charge in [-0.15, -0.1) is 0 Å². The Morgan fingerprint density at radius 2 is 2.22 bits per heavy atom.